The van der Waals surface area contributed by atoms with Crippen LogP contribution in [0.3, 0.4) is 0 Å². The highest BCUT2D eigenvalue weighted by Crippen LogP contribution is 2.16. The summed E-state index contributed by atoms with van der Waals surface area (Å²) in [6.07, 6.45) is 89.6. The Morgan fingerprint density at radius 2 is 0.526 bits per heavy atom. The third-order valence-corrected chi connectivity index (χ3v) is 14.0. The minimum absolute atomic E-state index is 0.0891. The third kappa shape index (κ3) is 62.9. The lowest BCUT2D eigenvalue weighted by Crippen LogP contribution is -2.30. The van der Waals surface area contributed by atoms with Gasteiger partial charge in [0, 0.05) is 19.3 Å². The van der Waals surface area contributed by atoms with Crippen molar-refractivity contribution < 1.29 is 28.6 Å². The highest BCUT2D eigenvalue weighted by atomic mass is 16.6. The fourth-order valence-electron chi connectivity index (χ4n) is 9.07. The monoisotopic (exact) mass is 1080 g/mol. The first-order chi connectivity index (χ1) is 38.5. The van der Waals surface area contributed by atoms with E-state index in [0.717, 1.165) is 141 Å². The van der Waals surface area contributed by atoms with Crippen LogP contribution in [0.25, 0.3) is 0 Å². The van der Waals surface area contributed by atoms with Crippen LogP contribution in [-0.4, -0.2) is 37.2 Å². The zero-order chi connectivity index (χ0) is 56.4. The summed E-state index contributed by atoms with van der Waals surface area (Å²) >= 11 is 0. The van der Waals surface area contributed by atoms with Crippen LogP contribution in [0.15, 0.2) is 109 Å². The average Bonchev–Trinajstić information content (AvgIpc) is 3.44. The molecule has 0 amide bonds. The molecule has 1 unspecified atom stereocenters. The van der Waals surface area contributed by atoms with Crippen LogP contribution in [-0.2, 0) is 28.6 Å². The van der Waals surface area contributed by atoms with E-state index in [2.05, 4.69) is 130 Å². The molecular formula is C72H122O6. The minimum Gasteiger partial charge on any atom is -0.462 e. The summed E-state index contributed by atoms with van der Waals surface area (Å²) in [6.45, 7) is 6.46. The fourth-order valence-corrected chi connectivity index (χ4v) is 9.07. The molecule has 0 N–H and O–H groups in total. The standard InChI is InChI=1S/C72H122O6/c1-4-7-10-13-16-19-22-24-26-28-30-32-34-35-36-37-39-40-42-44-46-48-50-53-56-59-62-65-71(74)77-68-69(67-76-70(73)64-61-58-55-52-21-18-15-12-9-6-3)78-72(75)66-63-60-57-54-51-49-47-45-43-41-38-33-31-29-27-25-23-20-17-14-11-8-5-2/h7,10,12,15-16,19,24,26,29-32,35-36,39-40,44,46,69H,4-6,8-9,11,13-14,17-18,20-23,25,27-28,33-34,37-38,41-43,45,47-68H2,1-3H3/b10-7-,15-12-,19-16-,26-24-,31-29-,32-30-,36-35-,40-39-,46-44-. The lowest BCUT2D eigenvalue weighted by Gasteiger charge is -2.18. The molecule has 0 rings (SSSR count). The van der Waals surface area contributed by atoms with Gasteiger partial charge in [0.05, 0.1) is 0 Å². The van der Waals surface area contributed by atoms with E-state index in [9.17, 15) is 14.4 Å². The first-order valence-corrected chi connectivity index (χ1v) is 32.9. The van der Waals surface area contributed by atoms with Gasteiger partial charge in [0.15, 0.2) is 6.10 Å². The van der Waals surface area contributed by atoms with E-state index in [-0.39, 0.29) is 31.1 Å². The summed E-state index contributed by atoms with van der Waals surface area (Å²) < 4.78 is 16.9. The fraction of sp³-hybridized carbons (Fsp3) is 0.708. The zero-order valence-corrected chi connectivity index (χ0v) is 51.2. The maximum Gasteiger partial charge on any atom is 0.306 e. The van der Waals surface area contributed by atoms with Crippen molar-refractivity contribution in [2.45, 2.75) is 316 Å². The Bertz CT molecular complexity index is 1570. The first-order valence-electron chi connectivity index (χ1n) is 32.9. The van der Waals surface area contributed by atoms with Gasteiger partial charge in [0.1, 0.15) is 13.2 Å². The van der Waals surface area contributed by atoms with Crippen molar-refractivity contribution in [1.29, 1.82) is 0 Å². The summed E-state index contributed by atoms with van der Waals surface area (Å²) in [5.41, 5.74) is 0. The van der Waals surface area contributed by atoms with Gasteiger partial charge in [-0.15, -0.1) is 0 Å². The molecule has 0 radical (unpaired) electrons. The van der Waals surface area contributed by atoms with Gasteiger partial charge in [0.2, 0.25) is 0 Å². The average molecular weight is 1080 g/mol. The Labute approximate surface area is 482 Å². The van der Waals surface area contributed by atoms with Crippen LogP contribution in [0.1, 0.15) is 310 Å². The summed E-state index contributed by atoms with van der Waals surface area (Å²) in [7, 11) is 0. The highest BCUT2D eigenvalue weighted by molar-refractivity contribution is 5.71. The lowest BCUT2D eigenvalue weighted by molar-refractivity contribution is -0.167. The molecule has 0 bridgehead atoms. The van der Waals surface area contributed by atoms with Crippen molar-refractivity contribution in [2.24, 2.45) is 0 Å². The van der Waals surface area contributed by atoms with E-state index >= 15 is 0 Å². The largest absolute Gasteiger partial charge is 0.462 e. The Hall–Kier alpha value is -3.93. The number of unbranched alkanes of at least 4 members (excludes halogenated alkanes) is 30. The molecule has 0 aromatic carbocycles. The molecule has 0 aliphatic heterocycles. The molecule has 0 saturated carbocycles. The smallest absolute Gasteiger partial charge is 0.306 e. The minimum atomic E-state index is -0.792. The molecule has 6 heteroatoms. The van der Waals surface area contributed by atoms with Crippen LogP contribution in [0.4, 0.5) is 0 Å². The number of carbonyl (C=O) groups excluding carboxylic acids is 3. The van der Waals surface area contributed by atoms with Crippen molar-refractivity contribution in [3.63, 3.8) is 0 Å². The first kappa shape index (κ1) is 74.1. The molecule has 6 nitrogen and oxygen atoms in total. The second-order valence-electron chi connectivity index (χ2n) is 21.6. The summed E-state index contributed by atoms with van der Waals surface area (Å²) in [4.78, 5) is 38.3. The van der Waals surface area contributed by atoms with Crippen molar-refractivity contribution in [3.05, 3.63) is 109 Å². The number of hydrogen-bond acceptors (Lipinski definition) is 6. The summed E-state index contributed by atoms with van der Waals surface area (Å²) in [6, 6.07) is 0. The molecule has 0 saturated heterocycles. The Kier molecular flexibility index (Phi) is 62.3. The molecule has 0 heterocycles. The molecule has 0 aliphatic rings. The van der Waals surface area contributed by atoms with E-state index in [0.29, 0.717) is 19.3 Å². The lowest BCUT2D eigenvalue weighted by atomic mass is 10.0. The number of ether oxygens (including phenoxy) is 3. The predicted octanol–water partition coefficient (Wildman–Crippen LogP) is 22.6. The van der Waals surface area contributed by atoms with Crippen molar-refractivity contribution in [2.75, 3.05) is 13.2 Å². The van der Waals surface area contributed by atoms with Gasteiger partial charge in [0.25, 0.3) is 0 Å². The quantitative estimate of drug-likeness (QED) is 0.0261. The molecule has 1 atom stereocenters. The Balaban J connectivity index is 4.30. The third-order valence-electron chi connectivity index (χ3n) is 14.0. The SMILES string of the molecule is CC/C=C\C/C=C\C/C=C\C/C=C\C/C=C\C/C=C\C/C=C\CCCCCCCC(=O)OCC(COC(=O)CCCCCCC/C=C\CCC)OC(=O)CCCCCCCCCCCCC/C=C\CCCCCCCCCC. The number of esters is 3. The van der Waals surface area contributed by atoms with E-state index in [1.807, 2.05) is 0 Å². The van der Waals surface area contributed by atoms with Crippen molar-refractivity contribution in [1.82, 2.24) is 0 Å². The summed E-state index contributed by atoms with van der Waals surface area (Å²) in [5, 5.41) is 0. The van der Waals surface area contributed by atoms with Crippen LogP contribution in [0, 0.1) is 0 Å². The van der Waals surface area contributed by atoms with Crippen LogP contribution >= 0.6 is 0 Å². The second kappa shape index (κ2) is 65.6. The molecule has 0 spiro atoms. The predicted molar refractivity (Wildman–Crippen MR) is 339 cm³/mol. The molecule has 78 heavy (non-hydrogen) atoms. The maximum absolute atomic E-state index is 12.9. The zero-order valence-electron chi connectivity index (χ0n) is 51.2. The molecule has 0 aromatic rings. The van der Waals surface area contributed by atoms with Crippen LogP contribution in [0.5, 0.6) is 0 Å². The van der Waals surface area contributed by atoms with Gasteiger partial charge in [-0.1, -0.05) is 278 Å². The topological polar surface area (TPSA) is 78.9 Å². The Morgan fingerprint density at radius 3 is 0.846 bits per heavy atom. The van der Waals surface area contributed by atoms with Gasteiger partial charge in [-0.2, -0.15) is 0 Å². The Morgan fingerprint density at radius 1 is 0.269 bits per heavy atom. The van der Waals surface area contributed by atoms with Gasteiger partial charge in [-0.25, -0.2) is 0 Å². The van der Waals surface area contributed by atoms with Gasteiger partial charge in [-0.05, 0) is 122 Å². The normalized spacial score (nSPS) is 12.8. The number of hydrogen-bond donors (Lipinski definition) is 0. The molecular weight excluding hydrogens is 961 g/mol. The van der Waals surface area contributed by atoms with Crippen molar-refractivity contribution >= 4 is 17.9 Å². The number of rotatable bonds is 59. The van der Waals surface area contributed by atoms with Gasteiger partial charge < -0.3 is 14.2 Å². The summed E-state index contributed by atoms with van der Waals surface area (Å²) in [5.74, 6) is -0.913. The molecule has 0 aromatic heterocycles. The van der Waals surface area contributed by atoms with Gasteiger partial charge in [-0.3, -0.25) is 14.4 Å². The van der Waals surface area contributed by atoms with Crippen molar-refractivity contribution in [3.8, 4) is 0 Å². The van der Waals surface area contributed by atoms with E-state index in [1.165, 1.54) is 128 Å². The molecule has 0 fully saturated rings. The van der Waals surface area contributed by atoms with Gasteiger partial charge >= 0.3 is 17.9 Å². The van der Waals surface area contributed by atoms with E-state index in [1.54, 1.807) is 0 Å². The van der Waals surface area contributed by atoms with Crippen LogP contribution in [0.2, 0.25) is 0 Å². The maximum atomic E-state index is 12.9. The molecule has 0 aliphatic carbocycles. The number of carbonyl (C=O) groups is 3. The second-order valence-corrected chi connectivity index (χ2v) is 21.6. The highest BCUT2D eigenvalue weighted by Gasteiger charge is 2.19. The molecule has 446 valence electrons. The van der Waals surface area contributed by atoms with E-state index in [4.69, 9.17) is 14.2 Å². The van der Waals surface area contributed by atoms with Crippen LogP contribution < -0.4 is 0 Å². The number of allylic oxidation sites excluding steroid dienone is 18. The van der Waals surface area contributed by atoms with E-state index < -0.39 is 6.10 Å².